The van der Waals surface area contributed by atoms with Crippen LogP contribution in [-0.4, -0.2) is 0 Å². The van der Waals surface area contributed by atoms with Gasteiger partial charge in [-0.15, -0.1) is 0 Å². The molecule has 4 aliphatic rings. The molecule has 0 saturated heterocycles. The normalized spacial score (nSPS) is 20.2. The number of benzene rings is 5. The summed E-state index contributed by atoms with van der Waals surface area (Å²) in [6.07, 6.45) is 9.69. The van der Waals surface area contributed by atoms with E-state index in [2.05, 4.69) is 97.1 Å². The van der Waals surface area contributed by atoms with Crippen LogP contribution < -0.4 is 5.22 Å². The Kier molecular flexibility index (Phi) is 2.53. The standard InChI is InChI=1S/C32H18/c1-2-6-18-17(5-1)21-9-13-25-27-15-11-23-19-7-3-4-8-20(19)24-12-16-28(32(27)30(23)24)26-14-10-22(18)29(21)31(25)26/h1-16,21,29H. The van der Waals surface area contributed by atoms with Gasteiger partial charge in [0.05, 0.1) is 0 Å². The molecule has 2 unspecified atom stereocenters. The van der Waals surface area contributed by atoms with Crippen LogP contribution in [0, 0.1) is 0 Å². The lowest BCUT2D eigenvalue weighted by Crippen LogP contribution is -2.23. The van der Waals surface area contributed by atoms with Crippen molar-refractivity contribution in [2.24, 2.45) is 0 Å². The molecule has 0 amide bonds. The van der Waals surface area contributed by atoms with E-state index in [1.807, 2.05) is 0 Å². The third-order valence-electron chi connectivity index (χ3n) is 8.36. The Bertz CT molecular complexity index is 1800. The highest BCUT2D eigenvalue weighted by Gasteiger charge is 2.41. The Labute approximate surface area is 185 Å². The summed E-state index contributed by atoms with van der Waals surface area (Å²) >= 11 is 0. The maximum absolute atomic E-state index is 2.47. The van der Waals surface area contributed by atoms with Gasteiger partial charge >= 0.3 is 0 Å². The molecule has 2 atom stereocenters. The first-order valence-electron chi connectivity index (χ1n) is 11.5. The molecule has 0 saturated carbocycles. The largest absolute Gasteiger partial charge is 0.0754 e. The molecule has 0 aromatic heterocycles. The smallest absolute Gasteiger partial charge is 0.0211 e. The zero-order valence-corrected chi connectivity index (χ0v) is 17.4. The van der Waals surface area contributed by atoms with Gasteiger partial charge in [0, 0.05) is 11.8 Å². The zero-order chi connectivity index (χ0) is 20.6. The predicted octanol–water partition coefficient (Wildman–Crippen LogP) is 7.44. The molecular weight excluding hydrogens is 384 g/mol. The minimum atomic E-state index is 0.442. The SMILES string of the molecule is C1=CC2c3ccccc3C3=CC=c4c(c1c1ccc5c6c(ccc4c16)-c1ccccc1-5)C32. The molecule has 5 aromatic rings. The molecule has 0 aliphatic heterocycles. The lowest BCUT2D eigenvalue weighted by Gasteiger charge is -2.30. The first-order valence-corrected chi connectivity index (χ1v) is 11.5. The molecule has 0 bridgehead atoms. The van der Waals surface area contributed by atoms with E-state index in [0.717, 1.165) is 0 Å². The van der Waals surface area contributed by atoms with Gasteiger partial charge in [0.1, 0.15) is 0 Å². The summed E-state index contributed by atoms with van der Waals surface area (Å²) in [5.41, 5.74) is 12.9. The lowest BCUT2D eigenvalue weighted by atomic mass is 9.73. The Morgan fingerprint density at radius 1 is 0.562 bits per heavy atom. The van der Waals surface area contributed by atoms with Gasteiger partial charge in [-0.05, 0) is 76.8 Å². The van der Waals surface area contributed by atoms with E-state index in [1.165, 1.54) is 76.8 Å². The van der Waals surface area contributed by atoms with Crippen LogP contribution in [0.25, 0.3) is 61.5 Å². The van der Waals surface area contributed by atoms with Gasteiger partial charge in [-0.2, -0.15) is 0 Å². The first kappa shape index (κ1) is 15.8. The van der Waals surface area contributed by atoms with Crippen molar-refractivity contribution >= 4 is 39.3 Å². The average molecular weight is 402 g/mol. The second-order valence-corrected chi connectivity index (χ2v) is 9.60. The van der Waals surface area contributed by atoms with Crippen LogP contribution in [0.5, 0.6) is 0 Å². The Morgan fingerprint density at radius 3 is 2.09 bits per heavy atom. The van der Waals surface area contributed by atoms with Gasteiger partial charge in [0.2, 0.25) is 0 Å². The number of fused-ring (bicyclic) bond motifs is 8. The Hall–Kier alpha value is -3.90. The number of hydrogen-bond acceptors (Lipinski definition) is 0. The molecule has 0 nitrogen and oxygen atoms in total. The van der Waals surface area contributed by atoms with Crippen LogP contribution in [0.3, 0.4) is 0 Å². The second kappa shape index (κ2) is 5.11. The van der Waals surface area contributed by atoms with Crippen LogP contribution in [-0.2, 0) is 0 Å². The first-order chi connectivity index (χ1) is 15.9. The second-order valence-electron chi connectivity index (χ2n) is 9.60. The van der Waals surface area contributed by atoms with Gasteiger partial charge in [-0.25, -0.2) is 0 Å². The van der Waals surface area contributed by atoms with Crippen LogP contribution in [0.4, 0.5) is 0 Å². The fourth-order valence-electron chi connectivity index (χ4n) is 7.18. The monoisotopic (exact) mass is 402 g/mol. The fraction of sp³-hybridized carbons (Fsp3) is 0.0625. The summed E-state index contributed by atoms with van der Waals surface area (Å²) in [5.74, 6) is 0.896. The van der Waals surface area contributed by atoms with Crippen LogP contribution in [0.2, 0.25) is 0 Å². The molecular formula is C32H18. The molecule has 0 heterocycles. The van der Waals surface area contributed by atoms with Gasteiger partial charge < -0.3 is 0 Å². The summed E-state index contributed by atoms with van der Waals surface area (Å²) < 4.78 is 0. The lowest BCUT2D eigenvalue weighted by molar-refractivity contribution is 0.777. The van der Waals surface area contributed by atoms with Crippen molar-refractivity contribution in [2.45, 2.75) is 11.8 Å². The molecule has 146 valence electrons. The van der Waals surface area contributed by atoms with Crippen molar-refractivity contribution in [1.29, 1.82) is 0 Å². The highest BCUT2D eigenvalue weighted by molar-refractivity contribution is 6.26. The molecule has 4 aliphatic carbocycles. The molecule has 0 N–H and O–H groups in total. The highest BCUT2D eigenvalue weighted by Crippen LogP contribution is 2.57. The fourth-order valence-corrected chi connectivity index (χ4v) is 7.18. The number of rotatable bonds is 0. The van der Waals surface area contributed by atoms with Crippen molar-refractivity contribution in [3.63, 3.8) is 0 Å². The Balaban J connectivity index is 1.48. The van der Waals surface area contributed by atoms with E-state index in [0.29, 0.717) is 11.8 Å². The predicted molar refractivity (Wildman–Crippen MR) is 135 cm³/mol. The highest BCUT2D eigenvalue weighted by atomic mass is 14.4. The molecule has 5 aromatic carbocycles. The van der Waals surface area contributed by atoms with Crippen LogP contribution in [0.15, 0.2) is 84.9 Å². The molecule has 9 rings (SSSR count). The topological polar surface area (TPSA) is 0 Å². The minimum Gasteiger partial charge on any atom is -0.0754 e. The Morgan fingerprint density at radius 2 is 1.28 bits per heavy atom. The number of allylic oxidation sites excluding steroid dienone is 3. The van der Waals surface area contributed by atoms with Crippen LogP contribution >= 0.6 is 0 Å². The summed E-state index contributed by atoms with van der Waals surface area (Å²) in [6, 6.07) is 27.4. The van der Waals surface area contributed by atoms with Crippen LogP contribution in [0.1, 0.15) is 34.1 Å². The quantitative estimate of drug-likeness (QED) is 0.248. The third kappa shape index (κ3) is 1.58. The molecule has 32 heavy (non-hydrogen) atoms. The number of hydrogen-bond donors (Lipinski definition) is 0. The van der Waals surface area contributed by atoms with Crippen molar-refractivity contribution < 1.29 is 0 Å². The van der Waals surface area contributed by atoms with Gasteiger partial charge in [-0.3, -0.25) is 0 Å². The van der Waals surface area contributed by atoms with Gasteiger partial charge in [0.15, 0.2) is 0 Å². The maximum Gasteiger partial charge on any atom is 0.0211 e. The maximum atomic E-state index is 2.47. The summed E-state index contributed by atoms with van der Waals surface area (Å²) in [5, 5.41) is 7.13. The summed E-state index contributed by atoms with van der Waals surface area (Å²) in [7, 11) is 0. The van der Waals surface area contributed by atoms with Gasteiger partial charge in [0.25, 0.3) is 0 Å². The third-order valence-corrected chi connectivity index (χ3v) is 8.36. The van der Waals surface area contributed by atoms with E-state index >= 15 is 0 Å². The van der Waals surface area contributed by atoms with E-state index < -0.39 is 0 Å². The van der Waals surface area contributed by atoms with E-state index in [-0.39, 0.29) is 0 Å². The van der Waals surface area contributed by atoms with Crippen molar-refractivity contribution in [2.75, 3.05) is 0 Å². The van der Waals surface area contributed by atoms with E-state index in [1.54, 1.807) is 0 Å². The van der Waals surface area contributed by atoms with Crippen molar-refractivity contribution in [3.8, 4) is 22.3 Å². The molecule has 0 spiro atoms. The summed E-state index contributed by atoms with van der Waals surface area (Å²) in [4.78, 5) is 0. The molecule has 0 radical (unpaired) electrons. The minimum absolute atomic E-state index is 0.442. The average Bonchev–Trinajstić information content (AvgIpc) is 3.36. The molecule has 0 fully saturated rings. The van der Waals surface area contributed by atoms with Crippen molar-refractivity contribution in [1.82, 2.24) is 0 Å². The molecule has 0 heteroatoms. The van der Waals surface area contributed by atoms with Crippen molar-refractivity contribution in [3.05, 3.63) is 112 Å². The zero-order valence-electron chi connectivity index (χ0n) is 17.4. The van der Waals surface area contributed by atoms with E-state index in [9.17, 15) is 0 Å². The van der Waals surface area contributed by atoms with E-state index in [4.69, 9.17) is 0 Å². The summed E-state index contributed by atoms with van der Waals surface area (Å²) in [6.45, 7) is 0. The van der Waals surface area contributed by atoms with Gasteiger partial charge in [-0.1, -0.05) is 97.1 Å².